The van der Waals surface area contributed by atoms with Crippen LogP contribution in [-0.2, 0) is 9.53 Å². The van der Waals surface area contributed by atoms with Crippen LogP contribution in [0.4, 0.5) is 9.59 Å². The number of hydrogen-bond acceptors (Lipinski definition) is 4. The van der Waals surface area contributed by atoms with Crippen molar-refractivity contribution in [3.63, 3.8) is 0 Å². The second kappa shape index (κ2) is 5.16. The first-order chi connectivity index (χ1) is 9.70. The number of urea groups is 1. The van der Waals surface area contributed by atoms with Gasteiger partial charge >= 0.3 is 18.0 Å². The zero-order valence-corrected chi connectivity index (χ0v) is 12.4. The average molecular weight is 292 g/mol. The van der Waals surface area contributed by atoms with Gasteiger partial charge in [-0.3, -0.25) is 0 Å². The van der Waals surface area contributed by atoms with E-state index in [0.29, 0.717) is 5.71 Å². The number of carbonyl (C=O) groups is 3. The van der Waals surface area contributed by atoms with Crippen molar-refractivity contribution >= 4 is 23.7 Å². The number of carbonyl (C=O) groups excluding carboxylic acids is 3. The molecule has 1 unspecified atom stereocenters. The summed E-state index contributed by atoms with van der Waals surface area (Å²) in [5, 5.41) is 0. The van der Waals surface area contributed by atoms with Crippen molar-refractivity contribution in [3.8, 4) is 0 Å². The van der Waals surface area contributed by atoms with E-state index in [1.165, 1.54) is 7.05 Å². The molecule has 0 saturated heterocycles. The standard InChI is InChI=1S/C14H17N3O4/c1-14(2,3)21-12(19)15-17-10-8-6-5-7-9(10)11(18)16(4)13(17)20/h5-9H,1-4H3/p+1. The second-order valence-corrected chi connectivity index (χ2v) is 5.78. The van der Waals surface area contributed by atoms with E-state index < -0.39 is 23.6 Å². The van der Waals surface area contributed by atoms with Gasteiger partial charge < -0.3 is 4.74 Å². The van der Waals surface area contributed by atoms with Gasteiger partial charge in [0.2, 0.25) is 0 Å². The third-order valence-corrected chi connectivity index (χ3v) is 2.94. The molecule has 0 aromatic heterocycles. The Labute approximate surface area is 122 Å². The molecular formula is C14H18N3O4+. The van der Waals surface area contributed by atoms with Crippen LogP contribution in [0.25, 0.3) is 0 Å². The summed E-state index contributed by atoms with van der Waals surface area (Å²) in [6.07, 6.45) is 5.95. The molecule has 1 atom stereocenters. The summed E-state index contributed by atoms with van der Waals surface area (Å²) >= 11 is 0. The number of fused-ring (bicyclic) bond motifs is 1. The molecule has 1 heterocycles. The van der Waals surface area contributed by atoms with Gasteiger partial charge in [0.05, 0.1) is 7.05 Å². The van der Waals surface area contributed by atoms with Gasteiger partial charge in [0.1, 0.15) is 11.5 Å². The first kappa shape index (κ1) is 15.0. The minimum absolute atomic E-state index is 0.335. The highest BCUT2D eigenvalue weighted by atomic mass is 16.6. The lowest BCUT2D eigenvalue weighted by Gasteiger charge is -2.25. The molecule has 0 fully saturated rings. The topological polar surface area (TPSA) is 78.7 Å². The molecule has 2 rings (SSSR count). The van der Waals surface area contributed by atoms with Crippen LogP contribution in [0.3, 0.4) is 0 Å². The van der Waals surface area contributed by atoms with Crippen LogP contribution < -0.4 is 5.43 Å². The van der Waals surface area contributed by atoms with E-state index in [4.69, 9.17) is 4.74 Å². The molecule has 1 aliphatic carbocycles. The van der Waals surface area contributed by atoms with Crippen molar-refractivity contribution in [1.82, 2.24) is 10.3 Å². The molecule has 2 aliphatic rings. The maximum absolute atomic E-state index is 12.2. The SMILES string of the molecule is CN1C(=O)C2C=CC=CC2=[N+](NC(=O)OC(C)(C)C)C1=O. The lowest BCUT2D eigenvalue weighted by molar-refractivity contribution is -0.489. The number of rotatable bonds is 1. The number of hydrazine groups is 1. The summed E-state index contributed by atoms with van der Waals surface area (Å²) in [6, 6.07) is -0.628. The lowest BCUT2D eigenvalue weighted by Crippen LogP contribution is -2.57. The molecule has 7 nitrogen and oxygen atoms in total. The van der Waals surface area contributed by atoms with Crippen LogP contribution in [0.15, 0.2) is 24.3 Å². The van der Waals surface area contributed by atoms with E-state index in [1.807, 2.05) is 0 Å². The molecule has 21 heavy (non-hydrogen) atoms. The highest BCUT2D eigenvalue weighted by molar-refractivity contribution is 6.16. The molecule has 0 spiro atoms. The number of hydrazone groups is 1. The van der Waals surface area contributed by atoms with Crippen molar-refractivity contribution in [2.75, 3.05) is 7.05 Å². The van der Waals surface area contributed by atoms with Gasteiger partial charge in [-0.1, -0.05) is 22.9 Å². The summed E-state index contributed by atoms with van der Waals surface area (Å²) in [5.41, 5.74) is 2.10. The Hall–Kier alpha value is -2.44. The fraction of sp³-hybridized carbons (Fsp3) is 0.429. The molecule has 0 aromatic carbocycles. The Balaban J connectivity index is 2.33. The maximum atomic E-state index is 12.2. The third-order valence-electron chi connectivity index (χ3n) is 2.94. The Morgan fingerprint density at radius 3 is 2.62 bits per heavy atom. The number of allylic oxidation sites excluding steroid dienone is 3. The van der Waals surface area contributed by atoms with Gasteiger partial charge in [-0.25, -0.2) is 9.59 Å². The molecule has 1 aliphatic heterocycles. The maximum Gasteiger partial charge on any atom is 0.524 e. The fourth-order valence-corrected chi connectivity index (χ4v) is 2.02. The third kappa shape index (κ3) is 3.01. The molecule has 4 amide bonds. The lowest BCUT2D eigenvalue weighted by atomic mass is 9.95. The second-order valence-electron chi connectivity index (χ2n) is 5.78. The molecular weight excluding hydrogens is 274 g/mol. The Bertz CT molecular complexity index is 596. The van der Waals surface area contributed by atoms with Gasteiger partial charge in [0.25, 0.3) is 0 Å². The van der Waals surface area contributed by atoms with Crippen molar-refractivity contribution in [3.05, 3.63) is 24.3 Å². The Kier molecular flexibility index (Phi) is 3.67. The zero-order chi connectivity index (χ0) is 15.8. The van der Waals surface area contributed by atoms with Crippen LogP contribution in [-0.4, -0.2) is 46.0 Å². The number of nitrogens with zero attached hydrogens (tertiary/aromatic N) is 2. The molecule has 0 aromatic rings. The van der Waals surface area contributed by atoms with Crippen LogP contribution in [0.2, 0.25) is 0 Å². The van der Waals surface area contributed by atoms with Crippen molar-refractivity contribution < 1.29 is 23.8 Å². The van der Waals surface area contributed by atoms with E-state index in [-0.39, 0.29) is 5.91 Å². The van der Waals surface area contributed by atoms with Crippen LogP contribution in [0.1, 0.15) is 20.8 Å². The summed E-state index contributed by atoms with van der Waals surface area (Å²) in [7, 11) is 1.37. The van der Waals surface area contributed by atoms with E-state index in [2.05, 4.69) is 5.43 Å². The molecule has 0 saturated carbocycles. The summed E-state index contributed by atoms with van der Waals surface area (Å²) < 4.78 is 6.17. The van der Waals surface area contributed by atoms with E-state index in [9.17, 15) is 14.4 Å². The first-order valence-corrected chi connectivity index (χ1v) is 6.54. The highest BCUT2D eigenvalue weighted by Crippen LogP contribution is 2.17. The van der Waals surface area contributed by atoms with Gasteiger partial charge in [0.15, 0.2) is 5.71 Å². The van der Waals surface area contributed by atoms with Crippen LogP contribution in [0, 0.1) is 5.92 Å². The number of amides is 4. The molecule has 0 radical (unpaired) electrons. The van der Waals surface area contributed by atoms with E-state index in [0.717, 1.165) is 9.58 Å². The largest absolute Gasteiger partial charge is 0.524 e. The fourth-order valence-electron chi connectivity index (χ4n) is 2.02. The number of ether oxygens (including phenoxy) is 1. The quantitative estimate of drug-likeness (QED) is 0.737. The van der Waals surface area contributed by atoms with Gasteiger partial charge in [-0.05, 0) is 26.8 Å². The van der Waals surface area contributed by atoms with Crippen molar-refractivity contribution in [2.45, 2.75) is 26.4 Å². The molecule has 112 valence electrons. The zero-order valence-electron chi connectivity index (χ0n) is 12.4. The summed E-state index contributed by atoms with van der Waals surface area (Å²) in [4.78, 5) is 37.0. The predicted octanol–water partition coefficient (Wildman–Crippen LogP) is 1.21. The van der Waals surface area contributed by atoms with Gasteiger partial charge in [-0.2, -0.15) is 15.1 Å². The van der Waals surface area contributed by atoms with Gasteiger partial charge in [-0.15, -0.1) is 0 Å². The smallest absolute Gasteiger partial charge is 0.442 e. The monoisotopic (exact) mass is 292 g/mol. The van der Waals surface area contributed by atoms with E-state index in [1.54, 1.807) is 45.1 Å². The van der Waals surface area contributed by atoms with Crippen LogP contribution >= 0.6 is 0 Å². The average Bonchev–Trinajstić information content (AvgIpc) is 2.39. The minimum Gasteiger partial charge on any atom is -0.442 e. The van der Waals surface area contributed by atoms with E-state index >= 15 is 0 Å². The Morgan fingerprint density at radius 2 is 2.00 bits per heavy atom. The summed E-state index contributed by atoms with van der Waals surface area (Å²) in [6.45, 7) is 5.17. The van der Waals surface area contributed by atoms with Crippen molar-refractivity contribution in [1.29, 1.82) is 0 Å². The summed E-state index contributed by atoms with van der Waals surface area (Å²) in [5.74, 6) is -0.925. The Morgan fingerprint density at radius 1 is 1.33 bits per heavy atom. The molecule has 0 bridgehead atoms. The number of imide groups is 1. The number of nitrogens with one attached hydrogen (secondary N) is 1. The number of hydrogen-bond donors (Lipinski definition) is 1. The normalized spacial score (nSPS) is 21.5. The predicted molar refractivity (Wildman–Crippen MR) is 74.6 cm³/mol. The van der Waals surface area contributed by atoms with Crippen LogP contribution in [0.5, 0.6) is 0 Å². The minimum atomic E-state index is -0.757. The molecule has 1 N–H and O–H groups in total. The van der Waals surface area contributed by atoms with Gasteiger partial charge in [0, 0.05) is 0 Å². The molecule has 7 heteroatoms. The highest BCUT2D eigenvalue weighted by Gasteiger charge is 2.46. The first-order valence-electron chi connectivity index (χ1n) is 6.54. The van der Waals surface area contributed by atoms with Crippen molar-refractivity contribution in [2.24, 2.45) is 5.92 Å².